The maximum atomic E-state index is 14.4. The van der Waals surface area contributed by atoms with E-state index in [0.29, 0.717) is 5.75 Å². The van der Waals surface area contributed by atoms with E-state index in [4.69, 9.17) is 4.74 Å². The van der Waals surface area contributed by atoms with Crippen molar-refractivity contribution in [2.45, 2.75) is 97.7 Å². The average molecular weight is 574 g/mol. The molecule has 0 spiro atoms. The van der Waals surface area contributed by atoms with Crippen LogP contribution in [0.15, 0.2) is 23.7 Å². The molecule has 1 aromatic carbocycles. The third kappa shape index (κ3) is 6.71. The Morgan fingerprint density at radius 2 is 1.88 bits per heavy atom. The smallest absolute Gasteiger partial charge is 0.258 e. The highest BCUT2D eigenvalue weighted by Crippen LogP contribution is 2.41. The van der Waals surface area contributed by atoms with Crippen molar-refractivity contribution >= 4 is 28.9 Å². The number of halogens is 1. The summed E-state index contributed by atoms with van der Waals surface area (Å²) in [5.41, 5.74) is 1.87. The molecule has 2 fully saturated rings. The third-order valence-corrected chi connectivity index (χ3v) is 8.63. The number of hydrogen-bond acceptors (Lipinski definition) is 7. The van der Waals surface area contributed by atoms with Gasteiger partial charge in [0.2, 0.25) is 5.91 Å². The van der Waals surface area contributed by atoms with E-state index in [1.54, 1.807) is 37.6 Å². The van der Waals surface area contributed by atoms with Crippen LogP contribution in [0.25, 0.3) is 10.4 Å². The first-order chi connectivity index (χ1) is 18.7. The molecule has 2 amide bonds. The number of carbonyl (C=O) groups excluding carboxylic acids is 3. The van der Waals surface area contributed by atoms with Gasteiger partial charge < -0.3 is 20.5 Å². The van der Waals surface area contributed by atoms with Crippen molar-refractivity contribution in [3.8, 4) is 16.2 Å². The Labute approximate surface area is 239 Å². The van der Waals surface area contributed by atoms with Crippen LogP contribution < -0.4 is 15.4 Å². The molecule has 2 aromatic rings. The van der Waals surface area contributed by atoms with Crippen LogP contribution in [0.4, 0.5) is 4.39 Å². The van der Waals surface area contributed by atoms with Crippen molar-refractivity contribution in [3.05, 3.63) is 35.0 Å². The van der Waals surface area contributed by atoms with Crippen molar-refractivity contribution in [1.29, 1.82) is 0 Å². The number of carbonyl (C=O) groups is 3. The summed E-state index contributed by atoms with van der Waals surface area (Å²) in [6, 6.07) is 4.85. The lowest BCUT2D eigenvalue weighted by molar-refractivity contribution is -0.138. The molecule has 4 atom stereocenters. The van der Waals surface area contributed by atoms with Crippen LogP contribution in [0.2, 0.25) is 0 Å². The van der Waals surface area contributed by atoms with Gasteiger partial charge in [0.05, 0.1) is 40.2 Å². The maximum absolute atomic E-state index is 14.4. The van der Waals surface area contributed by atoms with Gasteiger partial charge in [0.15, 0.2) is 11.5 Å². The second-order valence-electron chi connectivity index (χ2n) is 12.5. The summed E-state index contributed by atoms with van der Waals surface area (Å²) in [4.78, 5) is 45.0. The first-order valence-electron chi connectivity index (χ1n) is 13.9. The number of aromatic nitrogens is 1. The number of amides is 2. The zero-order valence-corrected chi connectivity index (χ0v) is 24.9. The number of aliphatic hydroxyl groups excluding tert-OH is 1. The molecule has 3 N–H and O–H groups in total. The molecule has 8 nitrogen and oxygen atoms in total. The molecule has 2 saturated carbocycles. The minimum atomic E-state index is -1.92. The van der Waals surface area contributed by atoms with E-state index in [9.17, 15) is 23.9 Å². The second kappa shape index (κ2) is 11.6. The molecular weight excluding hydrogens is 533 g/mol. The summed E-state index contributed by atoms with van der Waals surface area (Å²) >= 11 is 1.55. The fourth-order valence-corrected chi connectivity index (χ4v) is 6.04. The number of alkyl halides is 1. The topological polar surface area (TPSA) is 118 Å². The van der Waals surface area contributed by atoms with Gasteiger partial charge in [-0.25, -0.2) is 9.37 Å². The molecule has 218 valence electrons. The zero-order chi connectivity index (χ0) is 29.4. The SMILES string of the molecule is Cc1ncsc1-c1ccc(CNC(=O)[C@@H]2C[C@@H](O)CC2C(=O)[C@@H](NC(=O)C2(F)CC2)C(C)(C)C)c(OC(C)C)c1. The van der Waals surface area contributed by atoms with E-state index in [2.05, 4.69) is 15.6 Å². The van der Waals surface area contributed by atoms with Gasteiger partial charge in [-0.1, -0.05) is 32.9 Å². The predicted molar refractivity (Wildman–Crippen MR) is 152 cm³/mol. The van der Waals surface area contributed by atoms with Crippen molar-refractivity contribution in [2.24, 2.45) is 17.3 Å². The Bertz CT molecular complexity index is 1270. The Morgan fingerprint density at radius 1 is 1.20 bits per heavy atom. The number of Topliss-reactive ketones (excluding diaryl/α,β-unsaturated/α-hetero) is 1. The highest BCUT2D eigenvalue weighted by Gasteiger charge is 2.53. The summed E-state index contributed by atoms with van der Waals surface area (Å²) in [6.45, 7) is 11.4. The molecule has 4 rings (SSSR count). The molecule has 2 aliphatic rings. The highest BCUT2D eigenvalue weighted by atomic mass is 32.1. The van der Waals surface area contributed by atoms with Crippen molar-refractivity contribution < 1.29 is 28.6 Å². The van der Waals surface area contributed by atoms with Crippen LogP contribution in [0, 0.1) is 24.2 Å². The van der Waals surface area contributed by atoms with Gasteiger partial charge in [0.1, 0.15) is 5.75 Å². The van der Waals surface area contributed by atoms with E-state index in [-0.39, 0.29) is 50.0 Å². The largest absolute Gasteiger partial charge is 0.491 e. The number of benzene rings is 1. The Morgan fingerprint density at radius 3 is 2.45 bits per heavy atom. The van der Waals surface area contributed by atoms with E-state index in [1.807, 2.05) is 39.0 Å². The Kier molecular flexibility index (Phi) is 8.71. The lowest BCUT2D eigenvalue weighted by atomic mass is 9.77. The van der Waals surface area contributed by atoms with Crippen molar-refractivity contribution in [2.75, 3.05) is 0 Å². The second-order valence-corrected chi connectivity index (χ2v) is 13.3. The molecular formula is C30H40FN3O5S. The van der Waals surface area contributed by atoms with E-state index >= 15 is 0 Å². The Balaban J connectivity index is 1.49. The monoisotopic (exact) mass is 573 g/mol. The first kappa shape index (κ1) is 30.1. The predicted octanol–water partition coefficient (Wildman–Crippen LogP) is 4.51. The minimum absolute atomic E-state index is 0.0807. The number of nitrogens with zero attached hydrogens (tertiary/aromatic N) is 1. The quantitative estimate of drug-likeness (QED) is 0.385. The molecule has 40 heavy (non-hydrogen) atoms. The van der Waals surface area contributed by atoms with Crippen LogP contribution in [0.1, 0.15) is 71.6 Å². The summed E-state index contributed by atoms with van der Waals surface area (Å²) in [5, 5.41) is 16.0. The first-order valence-corrected chi connectivity index (χ1v) is 14.8. The van der Waals surface area contributed by atoms with Gasteiger partial charge in [0.25, 0.3) is 5.91 Å². The third-order valence-electron chi connectivity index (χ3n) is 7.65. The van der Waals surface area contributed by atoms with Crippen LogP contribution in [0.3, 0.4) is 0 Å². The normalized spacial score (nSPS) is 22.6. The number of hydrogen-bond donors (Lipinski definition) is 3. The van der Waals surface area contributed by atoms with Gasteiger partial charge in [-0.15, -0.1) is 11.3 Å². The molecule has 0 bridgehead atoms. The van der Waals surface area contributed by atoms with Crippen molar-refractivity contribution in [3.63, 3.8) is 0 Å². The molecule has 0 radical (unpaired) electrons. The van der Waals surface area contributed by atoms with Gasteiger partial charge in [-0.05, 0) is 63.5 Å². The van der Waals surface area contributed by atoms with Gasteiger partial charge in [-0.2, -0.15) is 0 Å². The van der Waals surface area contributed by atoms with Crippen LogP contribution >= 0.6 is 11.3 Å². The number of rotatable bonds is 10. The van der Waals surface area contributed by atoms with Crippen LogP contribution in [0.5, 0.6) is 5.75 Å². The van der Waals surface area contributed by atoms with Crippen LogP contribution in [-0.4, -0.2) is 51.6 Å². The summed E-state index contributed by atoms with van der Waals surface area (Å²) < 4.78 is 20.5. The fourth-order valence-electron chi connectivity index (χ4n) is 5.24. The lowest BCUT2D eigenvalue weighted by Gasteiger charge is -2.33. The lowest BCUT2D eigenvalue weighted by Crippen LogP contribution is -2.54. The highest BCUT2D eigenvalue weighted by molar-refractivity contribution is 7.13. The van der Waals surface area contributed by atoms with E-state index in [0.717, 1.165) is 21.7 Å². The summed E-state index contributed by atoms with van der Waals surface area (Å²) in [7, 11) is 0. The number of nitrogens with one attached hydrogen (secondary N) is 2. The number of aliphatic hydroxyl groups is 1. The van der Waals surface area contributed by atoms with Gasteiger partial charge in [-0.3, -0.25) is 14.4 Å². The zero-order valence-electron chi connectivity index (χ0n) is 24.0. The minimum Gasteiger partial charge on any atom is -0.491 e. The van der Waals surface area contributed by atoms with E-state index in [1.165, 1.54) is 0 Å². The number of ether oxygens (including phenoxy) is 1. The molecule has 0 saturated heterocycles. The maximum Gasteiger partial charge on any atom is 0.258 e. The summed E-state index contributed by atoms with van der Waals surface area (Å²) in [6.07, 6.45) is -0.361. The number of thiazole rings is 1. The molecule has 1 heterocycles. The number of ketones is 1. The molecule has 0 aliphatic heterocycles. The Hall–Kier alpha value is -2.85. The molecule has 2 aliphatic carbocycles. The fraction of sp³-hybridized carbons (Fsp3) is 0.600. The summed E-state index contributed by atoms with van der Waals surface area (Å²) in [5.74, 6) is -2.40. The average Bonchev–Trinajstić information content (AvgIpc) is 3.28. The molecule has 1 unspecified atom stereocenters. The molecule has 1 aromatic heterocycles. The van der Waals surface area contributed by atoms with Crippen LogP contribution in [-0.2, 0) is 20.9 Å². The van der Waals surface area contributed by atoms with Gasteiger partial charge in [0, 0.05) is 18.0 Å². The molecule has 10 heteroatoms. The standard InChI is InChI=1S/C30H40FN3O5S/c1-16(2)39-23-11-18(25-17(3)33-15-40-25)7-8-19(23)14-32-27(37)22-13-20(35)12-21(22)24(36)26(29(4,5)6)34-28(38)30(31)9-10-30/h7-8,11,15-16,20-22,26,35H,9-10,12-14H2,1-6H3,(H,32,37)(H,34,38)/t20-,21?,22+,26+/m0/s1. The van der Waals surface area contributed by atoms with E-state index < -0.39 is 41.0 Å². The van der Waals surface area contributed by atoms with Crippen molar-refractivity contribution in [1.82, 2.24) is 15.6 Å². The number of aryl methyl sites for hydroxylation is 1. The van der Waals surface area contributed by atoms with Gasteiger partial charge >= 0.3 is 0 Å².